The number of rotatable bonds is 6. The Morgan fingerprint density at radius 2 is 2.16 bits per heavy atom. The molecule has 2 aromatic rings. The average molecular weight is 347 g/mol. The van der Waals surface area contributed by atoms with Gasteiger partial charge in [0.25, 0.3) is 0 Å². The number of carbonyl (C=O) groups is 1. The Kier molecular flexibility index (Phi) is 5.60. The number of likely N-dealkylation sites (tertiary alicyclic amines) is 1. The van der Waals surface area contributed by atoms with Crippen LogP contribution >= 0.6 is 0 Å². The molecule has 6 nitrogen and oxygen atoms in total. The molecule has 1 aromatic heterocycles. The van der Waals surface area contributed by atoms with E-state index in [2.05, 4.69) is 4.98 Å². The number of hydrogen-bond acceptors (Lipinski definition) is 4. The van der Waals surface area contributed by atoms with Gasteiger partial charge in [0.15, 0.2) is 0 Å². The number of hydrogen-bond donors (Lipinski definition) is 3. The second-order valence-corrected chi connectivity index (χ2v) is 6.65. The SMILES string of the molecule is CCOC(=O)C1CC[NH+](C[C@H](O)c2c[nH]c3ccc(OC)cc23)CC1. The third kappa shape index (κ3) is 3.96. The summed E-state index contributed by atoms with van der Waals surface area (Å²) in [5.74, 6) is 0.715. The summed E-state index contributed by atoms with van der Waals surface area (Å²) in [7, 11) is 1.64. The van der Waals surface area contributed by atoms with E-state index in [9.17, 15) is 9.90 Å². The molecule has 2 heterocycles. The lowest BCUT2D eigenvalue weighted by Crippen LogP contribution is -3.13. The lowest BCUT2D eigenvalue weighted by Gasteiger charge is -2.29. The molecule has 1 aliphatic heterocycles. The lowest BCUT2D eigenvalue weighted by molar-refractivity contribution is -0.909. The molecule has 0 unspecified atom stereocenters. The highest BCUT2D eigenvalue weighted by molar-refractivity contribution is 5.85. The summed E-state index contributed by atoms with van der Waals surface area (Å²) in [5.41, 5.74) is 1.89. The zero-order chi connectivity index (χ0) is 17.8. The maximum Gasteiger partial charge on any atom is 0.309 e. The van der Waals surface area contributed by atoms with E-state index in [0.29, 0.717) is 13.2 Å². The van der Waals surface area contributed by atoms with Crippen molar-refractivity contribution >= 4 is 16.9 Å². The largest absolute Gasteiger partial charge is 0.497 e. The van der Waals surface area contributed by atoms with E-state index >= 15 is 0 Å². The highest BCUT2D eigenvalue weighted by atomic mass is 16.5. The van der Waals surface area contributed by atoms with E-state index in [4.69, 9.17) is 9.47 Å². The summed E-state index contributed by atoms with van der Waals surface area (Å²) in [6.07, 6.45) is 2.97. The average Bonchev–Trinajstić information content (AvgIpc) is 3.05. The first-order valence-electron chi connectivity index (χ1n) is 8.95. The highest BCUT2D eigenvalue weighted by Crippen LogP contribution is 2.27. The summed E-state index contributed by atoms with van der Waals surface area (Å²) >= 11 is 0. The van der Waals surface area contributed by atoms with Gasteiger partial charge in [-0.05, 0) is 25.1 Å². The number of nitrogens with one attached hydrogen (secondary N) is 2. The fraction of sp³-hybridized carbons (Fsp3) is 0.526. The molecule has 3 rings (SSSR count). The van der Waals surface area contributed by atoms with Crippen LogP contribution in [-0.4, -0.2) is 49.4 Å². The second-order valence-electron chi connectivity index (χ2n) is 6.65. The summed E-state index contributed by atoms with van der Waals surface area (Å²) in [6, 6.07) is 5.81. The molecule has 1 aromatic carbocycles. The smallest absolute Gasteiger partial charge is 0.309 e. The Hall–Kier alpha value is -2.05. The number of ether oxygens (including phenoxy) is 2. The van der Waals surface area contributed by atoms with Gasteiger partial charge in [-0.1, -0.05) is 0 Å². The molecular formula is C19H27N2O4+. The van der Waals surface area contributed by atoms with Crippen LogP contribution < -0.4 is 9.64 Å². The first-order chi connectivity index (χ1) is 12.1. The fourth-order valence-corrected chi connectivity index (χ4v) is 3.63. The van der Waals surface area contributed by atoms with Crippen molar-refractivity contribution in [2.45, 2.75) is 25.9 Å². The maximum atomic E-state index is 11.8. The number of aliphatic hydroxyl groups is 1. The third-order valence-electron chi connectivity index (χ3n) is 5.07. The van der Waals surface area contributed by atoms with E-state index in [-0.39, 0.29) is 11.9 Å². The summed E-state index contributed by atoms with van der Waals surface area (Å²) in [5, 5.41) is 11.7. The van der Waals surface area contributed by atoms with Crippen molar-refractivity contribution in [3.8, 4) is 5.75 Å². The van der Waals surface area contributed by atoms with Crippen molar-refractivity contribution in [1.29, 1.82) is 0 Å². The first-order valence-corrected chi connectivity index (χ1v) is 8.95. The second kappa shape index (κ2) is 7.89. The predicted octanol–water partition coefficient (Wildman–Crippen LogP) is 1.07. The minimum atomic E-state index is -0.546. The van der Waals surface area contributed by atoms with E-state index in [1.165, 1.54) is 4.90 Å². The predicted molar refractivity (Wildman–Crippen MR) is 94.7 cm³/mol. The van der Waals surface area contributed by atoms with Gasteiger partial charge in [-0.3, -0.25) is 4.79 Å². The fourth-order valence-electron chi connectivity index (χ4n) is 3.63. The summed E-state index contributed by atoms with van der Waals surface area (Å²) < 4.78 is 10.4. The number of aliphatic hydroxyl groups excluding tert-OH is 1. The molecule has 0 spiro atoms. The van der Waals surface area contributed by atoms with Gasteiger partial charge in [-0.15, -0.1) is 0 Å². The topological polar surface area (TPSA) is 76.0 Å². The van der Waals surface area contributed by atoms with E-state index < -0.39 is 6.10 Å². The molecule has 0 amide bonds. The van der Waals surface area contributed by atoms with Gasteiger partial charge >= 0.3 is 5.97 Å². The molecule has 3 N–H and O–H groups in total. The number of H-pyrrole nitrogens is 1. The number of piperidine rings is 1. The molecular weight excluding hydrogens is 320 g/mol. The highest BCUT2D eigenvalue weighted by Gasteiger charge is 2.30. The van der Waals surface area contributed by atoms with Crippen LogP contribution in [0.25, 0.3) is 10.9 Å². The van der Waals surface area contributed by atoms with E-state index in [1.807, 2.05) is 31.3 Å². The molecule has 0 radical (unpaired) electrons. The molecule has 1 saturated heterocycles. The van der Waals surface area contributed by atoms with Gasteiger partial charge in [0, 0.05) is 35.5 Å². The number of methoxy groups -OCH3 is 1. The number of quaternary nitrogens is 1. The number of aromatic nitrogens is 1. The molecule has 136 valence electrons. The van der Waals surface area contributed by atoms with Crippen molar-refractivity contribution in [3.63, 3.8) is 0 Å². The maximum absolute atomic E-state index is 11.8. The monoisotopic (exact) mass is 347 g/mol. The Morgan fingerprint density at radius 1 is 1.40 bits per heavy atom. The van der Waals surface area contributed by atoms with Crippen molar-refractivity contribution in [2.75, 3.05) is 33.4 Å². The van der Waals surface area contributed by atoms with Crippen LogP contribution in [0.4, 0.5) is 0 Å². The lowest BCUT2D eigenvalue weighted by atomic mass is 9.96. The van der Waals surface area contributed by atoms with Gasteiger partial charge in [-0.25, -0.2) is 0 Å². The quantitative estimate of drug-likeness (QED) is 0.683. The van der Waals surface area contributed by atoms with E-state index in [1.54, 1.807) is 7.11 Å². The van der Waals surface area contributed by atoms with Crippen LogP contribution in [0.2, 0.25) is 0 Å². The van der Waals surface area contributed by atoms with Crippen LogP contribution in [0, 0.1) is 5.92 Å². The summed E-state index contributed by atoms with van der Waals surface area (Å²) in [4.78, 5) is 16.4. The molecule has 25 heavy (non-hydrogen) atoms. The normalized spacial score (nSPS) is 21.9. The zero-order valence-electron chi connectivity index (χ0n) is 14.9. The zero-order valence-corrected chi connectivity index (χ0v) is 14.9. The molecule has 0 saturated carbocycles. The Labute approximate surface area is 147 Å². The molecule has 0 bridgehead atoms. The number of carbonyl (C=O) groups excluding carboxylic acids is 1. The third-order valence-corrected chi connectivity index (χ3v) is 5.07. The van der Waals surface area contributed by atoms with Crippen molar-refractivity contribution < 1.29 is 24.3 Å². The van der Waals surface area contributed by atoms with Gasteiger partial charge < -0.3 is 24.5 Å². The van der Waals surface area contributed by atoms with Gasteiger partial charge in [0.1, 0.15) is 18.4 Å². The van der Waals surface area contributed by atoms with Crippen molar-refractivity contribution in [3.05, 3.63) is 30.0 Å². The van der Waals surface area contributed by atoms with Crippen LogP contribution in [0.3, 0.4) is 0 Å². The number of aromatic amines is 1. The minimum Gasteiger partial charge on any atom is -0.497 e. The molecule has 0 aliphatic carbocycles. The Balaban J connectivity index is 1.62. The molecule has 1 aliphatic rings. The Morgan fingerprint density at radius 3 is 2.84 bits per heavy atom. The number of fused-ring (bicyclic) bond motifs is 1. The van der Waals surface area contributed by atoms with E-state index in [0.717, 1.165) is 48.1 Å². The van der Waals surface area contributed by atoms with Crippen molar-refractivity contribution in [1.82, 2.24) is 4.98 Å². The van der Waals surface area contributed by atoms with Crippen LogP contribution in [-0.2, 0) is 9.53 Å². The van der Waals surface area contributed by atoms with Crippen LogP contribution in [0.1, 0.15) is 31.4 Å². The van der Waals surface area contributed by atoms with Gasteiger partial charge in [-0.2, -0.15) is 0 Å². The van der Waals surface area contributed by atoms with Gasteiger partial charge in [0.05, 0.1) is 32.7 Å². The minimum absolute atomic E-state index is 0.0122. The van der Waals surface area contributed by atoms with Crippen LogP contribution in [0.5, 0.6) is 5.75 Å². The standard InChI is InChI=1S/C19H26N2O4/c1-3-25-19(23)13-6-8-21(9-7-13)12-18(22)16-11-20-17-5-4-14(24-2)10-15(16)17/h4-5,10-11,13,18,20,22H,3,6-9,12H2,1-2H3/p+1/t18-/m0/s1. The molecule has 1 atom stereocenters. The van der Waals surface area contributed by atoms with Gasteiger partial charge in [0.2, 0.25) is 0 Å². The number of benzene rings is 1. The summed E-state index contributed by atoms with van der Waals surface area (Å²) in [6.45, 7) is 4.68. The number of esters is 1. The van der Waals surface area contributed by atoms with Crippen LogP contribution in [0.15, 0.2) is 24.4 Å². The van der Waals surface area contributed by atoms with Crippen molar-refractivity contribution in [2.24, 2.45) is 5.92 Å². The molecule has 1 fully saturated rings. The Bertz CT molecular complexity index is 719. The first kappa shape index (κ1) is 17.8. The molecule has 6 heteroatoms.